The van der Waals surface area contributed by atoms with Gasteiger partial charge < -0.3 is 10.5 Å². The van der Waals surface area contributed by atoms with Crippen LogP contribution in [0.15, 0.2) is 12.1 Å². The summed E-state index contributed by atoms with van der Waals surface area (Å²) in [6.45, 7) is 1.27. The Bertz CT molecular complexity index is 405. The van der Waals surface area contributed by atoms with Gasteiger partial charge in [0.25, 0.3) is 0 Å². The van der Waals surface area contributed by atoms with Crippen molar-refractivity contribution >= 4 is 0 Å². The van der Waals surface area contributed by atoms with Crippen molar-refractivity contribution < 1.29 is 17.9 Å². The van der Waals surface area contributed by atoms with E-state index in [0.29, 0.717) is 19.6 Å². The van der Waals surface area contributed by atoms with Gasteiger partial charge in [-0.2, -0.15) is 0 Å². The van der Waals surface area contributed by atoms with Crippen LogP contribution in [-0.4, -0.2) is 13.2 Å². The minimum atomic E-state index is -1.46. The van der Waals surface area contributed by atoms with Gasteiger partial charge in [0.15, 0.2) is 17.5 Å². The Morgan fingerprint density at radius 2 is 2.06 bits per heavy atom. The summed E-state index contributed by atoms with van der Waals surface area (Å²) in [5.74, 6) is -3.57. The molecule has 0 aromatic heterocycles. The zero-order chi connectivity index (χ0) is 12.4. The molecule has 5 heteroatoms. The minimum absolute atomic E-state index is 0.0239. The first kappa shape index (κ1) is 12.4. The maximum atomic E-state index is 13.5. The Labute approximate surface area is 97.6 Å². The summed E-state index contributed by atoms with van der Waals surface area (Å²) >= 11 is 0. The highest BCUT2D eigenvalue weighted by Crippen LogP contribution is 2.27. The first-order valence-corrected chi connectivity index (χ1v) is 5.56. The zero-order valence-electron chi connectivity index (χ0n) is 9.26. The molecule has 2 N–H and O–H groups in total. The van der Waals surface area contributed by atoms with E-state index in [1.807, 2.05) is 0 Å². The van der Waals surface area contributed by atoms with Crippen molar-refractivity contribution in [2.24, 2.45) is 11.7 Å². The Balaban J connectivity index is 2.13. The second-order valence-corrected chi connectivity index (χ2v) is 4.34. The summed E-state index contributed by atoms with van der Waals surface area (Å²) in [4.78, 5) is 0. The largest absolute Gasteiger partial charge is 0.381 e. The summed E-state index contributed by atoms with van der Waals surface area (Å²) in [5, 5.41) is 0. The quantitative estimate of drug-likeness (QED) is 0.830. The van der Waals surface area contributed by atoms with E-state index in [-0.39, 0.29) is 11.5 Å². The van der Waals surface area contributed by atoms with Gasteiger partial charge in [-0.15, -0.1) is 0 Å². The smallest absolute Gasteiger partial charge is 0.194 e. The maximum absolute atomic E-state index is 13.5. The van der Waals surface area contributed by atoms with Gasteiger partial charge in [0, 0.05) is 24.8 Å². The van der Waals surface area contributed by atoms with Gasteiger partial charge in [-0.3, -0.25) is 0 Å². The molecule has 1 aliphatic rings. The van der Waals surface area contributed by atoms with Gasteiger partial charge in [0.2, 0.25) is 0 Å². The van der Waals surface area contributed by atoms with E-state index in [2.05, 4.69) is 0 Å². The summed E-state index contributed by atoms with van der Waals surface area (Å²) in [6.07, 6.45) is 1.39. The lowest BCUT2D eigenvalue weighted by molar-refractivity contribution is 0.182. The number of halogens is 3. The fraction of sp³-hybridized carbons (Fsp3) is 0.500. The fourth-order valence-electron chi connectivity index (χ4n) is 2.08. The van der Waals surface area contributed by atoms with Crippen LogP contribution in [0, 0.1) is 23.4 Å². The Hall–Kier alpha value is -1.07. The van der Waals surface area contributed by atoms with Crippen LogP contribution >= 0.6 is 0 Å². The van der Waals surface area contributed by atoms with Crippen LogP contribution in [0.1, 0.15) is 24.4 Å². The van der Waals surface area contributed by atoms with Crippen molar-refractivity contribution in [1.29, 1.82) is 0 Å². The molecule has 0 radical (unpaired) electrons. The van der Waals surface area contributed by atoms with Crippen LogP contribution in [0.2, 0.25) is 0 Å². The Morgan fingerprint density at radius 1 is 1.29 bits per heavy atom. The normalized spacial score (nSPS) is 21.8. The van der Waals surface area contributed by atoms with Crippen LogP contribution in [-0.2, 0) is 4.74 Å². The van der Waals surface area contributed by atoms with Gasteiger partial charge in [-0.05, 0) is 24.8 Å². The van der Waals surface area contributed by atoms with E-state index in [9.17, 15) is 13.2 Å². The third kappa shape index (κ3) is 2.61. The third-order valence-corrected chi connectivity index (χ3v) is 3.08. The van der Waals surface area contributed by atoms with Gasteiger partial charge in [0.1, 0.15) is 0 Å². The molecule has 2 rings (SSSR count). The van der Waals surface area contributed by atoms with Crippen molar-refractivity contribution in [1.82, 2.24) is 0 Å². The van der Waals surface area contributed by atoms with Crippen molar-refractivity contribution in [3.8, 4) is 0 Å². The van der Waals surface area contributed by atoms with E-state index >= 15 is 0 Å². The highest BCUT2D eigenvalue weighted by Gasteiger charge is 2.23. The van der Waals surface area contributed by atoms with E-state index in [4.69, 9.17) is 10.5 Å². The molecule has 1 aromatic rings. The predicted octanol–water partition coefficient (Wildman–Crippen LogP) is 2.53. The average molecular weight is 245 g/mol. The van der Waals surface area contributed by atoms with Crippen LogP contribution in [0.4, 0.5) is 13.2 Å². The van der Waals surface area contributed by atoms with Crippen LogP contribution in [0.5, 0.6) is 0 Å². The lowest BCUT2D eigenvalue weighted by atomic mass is 9.94. The predicted molar refractivity (Wildman–Crippen MR) is 56.8 cm³/mol. The number of rotatable bonds is 3. The van der Waals surface area contributed by atoms with Crippen LogP contribution < -0.4 is 5.73 Å². The molecule has 0 spiro atoms. The number of benzene rings is 1. The molecule has 1 fully saturated rings. The summed E-state index contributed by atoms with van der Waals surface area (Å²) in [6, 6.07) is 1.48. The van der Waals surface area contributed by atoms with E-state index < -0.39 is 23.5 Å². The molecule has 0 saturated carbocycles. The van der Waals surface area contributed by atoms with Crippen molar-refractivity contribution in [3.63, 3.8) is 0 Å². The molecule has 0 amide bonds. The number of hydrogen-bond acceptors (Lipinski definition) is 2. The maximum Gasteiger partial charge on any atom is 0.194 e. The molecule has 1 heterocycles. The van der Waals surface area contributed by atoms with Crippen molar-refractivity contribution in [2.45, 2.75) is 18.9 Å². The lowest BCUT2D eigenvalue weighted by Gasteiger charge is -2.16. The third-order valence-electron chi connectivity index (χ3n) is 3.08. The van der Waals surface area contributed by atoms with Gasteiger partial charge in [-0.1, -0.05) is 6.07 Å². The summed E-state index contributed by atoms with van der Waals surface area (Å²) < 4.78 is 44.4. The Morgan fingerprint density at radius 3 is 2.71 bits per heavy atom. The van der Waals surface area contributed by atoms with Gasteiger partial charge in [-0.25, -0.2) is 13.2 Å². The highest BCUT2D eigenvalue weighted by molar-refractivity contribution is 5.23. The molecule has 17 heavy (non-hydrogen) atoms. The molecule has 2 unspecified atom stereocenters. The monoisotopic (exact) mass is 245 g/mol. The number of hydrogen-bond donors (Lipinski definition) is 1. The summed E-state index contributed by atoms with van der Waals surface area (Å²) in [5.41, 5.74) is 5.83. The molecule has 0 aliphatic carbocycles. The zero-order valence-corrected chi connectivity index (χ0v) is 9.26. The topological polar surface area (TPSA) is 35.2 Å². The number of nitrogens with two attached hydrogens (primary N) is 1. The molecule has 0 bridgehead atoms. The van der Waals surface area contributed by atoms with E-state index in [1.165, 1.54) is 6.07 Å². The molecular weight excluding hydrogens is 231 g/mol. The molecular formula is C12H14F3NO. The van der Waals surface area contributed by atoms with Gasteiger partial charge >= 0.3 is 0 Å². The minimum Gasteiger partial charge on any atom is -0.381 e. The molecule has 1 aliphatic heterocycles. The second-order valence-electron chi connectivity index (χ2n) is 4.34. The SMILES string of the molecule is NC(CC1CCOC1)c1ccc(F)c(F)c1F. The summed E-state index contributed by atoms with van der Waals surface area (Å²) in [7, 11) is 0. The standard InChI is InChI=1S/C12H14F3NO/c13-9-2-1-8(11(14)12(9)15)10(16)5-7-3-4-17-6-7/h1-2,7,10H,3-6,16H2. The van der Waals surface area contributed by atoms with E-state index in [1.54, 1.807) is 0 Å². The fourth-order valence-corrected chi connectivity index (χ4v) is 2.08. The van der Waals surface area contributed by atoms with E-state index in [0.717, 1.165) is 12.5 Å². The molecule has 1 saturated heterocycles. The van der Waals surface area contributed by atoms with Crippen LogP contribution in [0.3, 0.4) is 0 Å². The molecule has 2 nitrogen and oxygen atoms in total. The first-order valence-electron chi connectivity index (χ1n) is 5.56. The Kier molecular flexibility index (Phi) is 3.69. The van der Waals surface area contributed by atoms with Gasteiger partial charge in [0.05, 0.1) is 0 Å². The van der Waals surface area contributed by atoms with Crippen molar-refractivity contribution in [3.05, 3.63) is 35.1 Å². The molecule has 1 aromatic carbocycles. The first-order chi connectivity index (χ1) is 8.09. The highest BCUT2D eigenvalue weighted by atomic mass is 19.2. The van der Waals surface area contributed by atoms with Crippen molar-refractivity contribution in [2.75, 3.05) is 13.2 Å². The number of ether oxygens (including phenoxy) is 1. The second kappa shape index (κ2) is 5.06. The lowest BCUT2D eigenvalue weighted by Crippen LogP contribution is -2.18. The van der Waals surface area contributed by atoms with Crippen LogP contribution in [0.25, 0.3) is 0 Å². The molecule has 2 atom stereocenters. The average Bonchev–Trinajstić information content (AvgIpc) is 2.78. The molecule has 94 valence electrons.